The van der Waals surface area contributed by atoms with E-state index in [4.69, 9.17) is 0 Å². The molecular weight excluding hydrogens is 254 g/mol. The Balaban J connectivity index is 1.88. The molecule has 6 heteroatoms. The predicted octanol–water partition coefficient (Wildman–Crippen LogP) is 1.25. The number of benzene rings is 1. The van der Waals surface area contributed by atoms with Gasteiger partial charge in [0, 0.05) is 13.0 Å². The fraction of sp³-hybridized carbons (Fsp3) is 0.429. The van der Waals surface area contributed by atoms with Crippen LogP contribution in [-0.2, 0) is 24.3 Å². The zero-order valence-electron chi connectivity index (χ0n) is 11.8. The molecule has 0 saturated heterocycles. The van der Waals surface area contributed by atoms with Crippen LogP contribution in [-0.4, -0.2) is 26.1 Å². The van der Waals surface area contributed by atoms with Crippen molar-refractivity contribution in [2.75, 3.05) is 0 Å². The van der Waals surface area contributed by atoms with Crippen LogP contribution in [0, 0.1) is 6.92 Å². The Morgan fingerprint density at radius 3 is 3.00 bits per heavy atom. The molecule has 6 nitrogen and oxygen atoms in total. The van der Waals surface area contributed by atoms with E-state index in [1.165, 1.54) is 5.56 Å². The summed E-state index contributed by atoms with van der Waals surface area (Å²) >= 11 is 0. The molecule has 1 N–H and O–H groups in total. The van der Waals surface area contributed by atoms with Gasteiger partial charge in [0.15, 0.2) is 5.82 Å². The maximum Gasteiger partial charge on any atom is 0.242 e. The van der Waals surface area contributed by atoms with Crippen molar-refractivity contribution in [1.29, 1.82) is 0 Å². The quantitative estimate of drug-likeness (QED) is 0.859. The second-order valence-electron chi connectivity index (χ2n) is 4.77. The first-order valence-electron chi connectivity index (χ1n) is 6.76. The Kier molecular flexibility index (Phi) is 4.81. The first-order chi connectivity index (χ1) is 9.69. The van der Waals surface area contributed by atoms with Crippen molar-refractivity contribution in [1.82, 2.24) is 25.5 Å². The van der Waals surface area contributed by atoms with Crippen molar-refractivity contribution in [3.8, 4) is 0 Å². The Labute approximate surface area is 118 Å². The van der Waals surface area contributed by atoms with Gasteiger partial charge >= 0.3 is 0 Å². The minimum atomic E-state index is -0.0869. The summed E-state index contributed by atoms with van der Waals surface area (Å²) in [5.74, 6) is 0.661. The summed E-state index contributed by atoms with van der Waals surface area (Å²) in [5, 5.41) is 14.2. The summed E-state index contributed by atoms with van der Waals surface area (Å²) in [5.41, 5.74) is 2.27. The molecule has 0 unspecified atom stereocenters. The number of nitrogens with zero attached hydrogens (tertiary/aromatic N) is 4. The van der Waals surface area contributed by atoms with Gasteiger partial charge in [-0.05, 0) is 29.3 Å². The van der Waals surface area contributed by atoms with Crippen molar-refractivity contribution < 1.29 is 4.79 Å². The van der Waals surface area contributed by atoms with Crippen LogP contribution in [0.4, 0.5) is 0 Å². The summed E-state index contributed by atoms with van der Waals surface area (Å²) in [7, 11) is 0. The Hall–Kier alpha value is -2.24. The number of hydrogen-bond donors (Lipinski definition) is 1. The fourth-order valence-electron chi connectivity index (χ4n) is 1.96. The highest BCUT2D eigenvalue weighted by atomic mass is 16.2. The molecule has 0 saturated carbocycles. The number of amides is 1. The number of tetrazole rings is 1. The van der Waals surface area contributed by atoms with Crippen molar-refractivity contribution >= 4 is 5.91 Å². The van der Waals surface area contributed by atoms with Gasteiger partial charge in [0.2, 0.25) is 5.91 Å². The summed E-state index contributed by atoms with van der Waals surface area (Å²) in [6, 6.07) is 8.06. The number of hydrogen-bond acceptors (Lipinski definition) is 4. The zero-order chi connectivity index (χ0) is 14.4. The van der Waals surface area contributed by atoms with Gasteiger partial charge in [0.1, 0.15) is 6.54 Å². The third kappa shape index (κ3) is 3.88. The van der Waals surface area contributed by atoms with Crippen LogP contribution < -0.4 is 5.32 Å². The van der Waals surface area contributed by atoms with E-state index >= 15 is 0 Å². The van der Waals surface area contributed by atoms with Crippen LogP contribution in [0.15, 0.2) is 24.3 Å². The predicted molar refractivity (Wildman–Crippen MR) is 74.8 cm³/mol. The molecule has 1 amide bonds. The highest BCUT2D eigenvalue weighted by Gasteiger charge is 2.09. The SMILES string of the molecule is CCCc1nnnn1CC(=O)NCc1cccc(C)c1. The van der Waals surface area contributed by atoms with Crippen molar-refractivity contribution in [3.63, 3.8) is 0 Å². The first-order valence-corrected chi connectivity index (χ1v) is 6.76. The fourth-order valence-corrected chi connectivity index (χ4v) is 1.96. The molecule has 20 heavy (non-hydrogen) atoms. The molecule has 1 aromatic carbocycles. The molecular formula is C14H19N5O. The van der Waals surface area contributed by atoms with Crippen LogP contribution in [0.2, 0.25) is 0 Å². The van der Waals surface area contributed by atoms with Gasteiger partial charge in [-0.15, -0.1) is 5.10 Å². The molecule has 0 spiro atoms. The number of nitrogens with one attached hydrogen (secondary N) is 1. The lowest BCUT2D eigenvalue weighted by molar-refractivity contribution is -0.122. The lowest BCUT2D eigenvalue weighted by Gasteiger charge is -2.07. The molecule has 1 heterocycles. The molecule has 0 aliphatic rings. The number of aromatic nitrogens is 4. The Morgan fingerprint density at radius 2 is 2.25 bits per heavy atom. The molecule has 0 fully saturated rings. The van der Waals surface area contributed by atoms with Crippen LogP contribution in [0.25, 0.3) is 0 Å². The summed E-state index contributed by atoms with van der Waals surface area (Å²) < 4.78 is 1.55. The lowest BCUT2D eigenvalue weighted by atomic mass is 10.1. The van der Waals surface area contributed by atoms with Gasteiger partial charge in [0.05, 0.1) is 0 Å². The van der Waals surface area contributed by atoms with E-state index in [9.17, 15) is 4.79 Å². The molecule has 2 rings (SSSR count). The monoisotopic (exact) mass is 273 g/mol. The lowest BCUT2D eigenvalue weighted by Crippen LogP contribution is -2.28. The molecule has 0 bridgehead atoms. The number of aryl methyl sites for hydroxylation is 2. The van der Waals surface area contributed by atoms with Crippen molar-refractivity contribution in [2.24, 2.45) is 0 Å². The highest BCUT2D eigenvalue weighted by Crippen LogP contribution is 2.03. The van der Waals surface area contributed by atoms with Gasteiger partial charge < -0.3 is 5.32 Å². The van der Waals surface area contributed by atoms with E-state index in [2.05, 4.69) is 33.8 Å². The molecule has 0 radical (unpaired) electrons. The topological polar surface area (TPSA) is 72.7 Å². The van der Waals surface area contributed by atoms with Crippen LogP contribution in [0.3, 0.4) is 0 Å². The molecule has 1 aromatic heterocycles. The number of carbonyl (C=O) groups is 1. The van der Waals surface area contributed by atoms with Gasteiger partial charge in [-0.3, -0.25) is 4.79 Å². The molecule has 2 aromatic rings. The van der Waals surface area contributed by atoms with Crippen LogP contribution in [0.5, 0.6) is 0 Å². The van der Waals surface area contributed by atoms with Crippen molar-refractivity contribution in [3.05, 3.63) is 41.2 Å². The van der Waals surface area contributed by atoms with E-state index in [1.54, 1.807) is 4.68 Å². The van der Waals surface area contributed by atoms with Crippen LogP contribution in [0.1, 0.15) is 30.3 Å². The maximum absolute atomic E-state index is 11.9. The minimum Gasteiger partial charge on any atom is -0.350 e. The van der Waals surface area contributed by atoms with E-state index < -0.39 is 0 Å². The van der Waals surface area contributed by atoms with Gasteiger partial charge in [-0.1, -0.05) is 36.8 Å². The van der Waals surface area contributed by atoms with E-state index in [1.807, 2.05) is 25.1 Å². The standard InChI is InChI=1S/C14H19N5O/c1-3-5-13-16-17-18-19(13)10-14(20)15-9-12-7-4-6-11(2)8-12/h4,6-8H,3,5,9-10H2,1-2H3,(H,15,20). The smallest absolute Gasteiger partial charge is 0.242 e. The average Bonchev–Trinajstić information content (AvgIpc) is 2.84. The third-order valence-electron chi connectivity index (χ3n) is 2.95. The second kappa shape index (κ2) is 6.79. The van der Waals surface area contributed by atoms with Gasteiger partial charge in [0.25, 0.3) is 0 Å². The molecule has 0 atom stereocenters. The van der Waals surface area contributed by atoms with Gasteiger partial charge in [-0.25, -0.2) is 4.68 Å². The molecule has 106 valence electrons. The third-order valence-corrected chi connectivity index (χ3v) is 2.95. The average molecular weight is 273 g/mol. The van der Waals surface area contributed by atoms with E-state index in [0.29, 0.717) is 6.54 Å². The Morgan fingerprint density at radius 1 is 1.40 bits per heavy atom. The second-order valence-corrected chi connectivity index (χ2v) is 4.77. The summed E-state index contributed by atoms with van der Waals surface area (Å²) in [6.45, 7) is 4.76. The molecule has 0 aliphatic heterocycles. The Bertz CT molecular complexity index is 578. The van der Waals surface area contributed by atoms with E-state index in [-0.39, 0.29) is 12.5 Å². The number of rotatable bonds is 6. The number of carbonyl (C=O) groups excluding carboxylic acids is 1. The van der Waals surface area contributed by atoms with Crippen molar-refractivity contribution in [2.45, 2.75) is 39.8 Å². The largest absolute Gasteiger partial charge is 0.350 e. The minimum absolute atomic E-state index is 0.0869. The van der Waals surface area contributed by atoms with E-state index in [0.717, 1.165) is 24.2 Å². The van der Waals surface area contributed by atoms with Crippen LogP contribution >= 0.6 is 0 Å². The maximum atomic E-state index is 11.9. The zero-order valence-corrected chi connectivity index (χ0v) is 11.8. The summed E-state index contributed by atoms with van der Waals surface area (Å²) in [6.07, 6.45) is 1.73. The molecule has 0 aliphatic carbocycles. The highest BCUT2D eigenvalue weighted by molar-refractivity contribution is 5.75. The summed E-state index contributed by atoms with van der Waals surface area (Å²) in [4.78, 5) is 11.9. The normalized spacial score (nSPS) is 10.5. The van der Waals surface area contributed by atoms with Gasteiger partial charge in [-0.2, -0.15) is 0 Å². The first kappa shape index (κ1) is 14.2.